The average molecular weight is 974 g/mol. The zero-order valence-electron chi connectivity index (χ0n) is 46.9. The van der Waals surface area contributed by atoms with Crippen molar-refractivity contribution in [2.75, 3.05) is 13.2 Å². The van der Waals surface area contributed by atoms with Crippen molar-refractivity contribution in [1.82, 2.24) is 0 Å². The molecule has 0 spiro atoms. The Morgan fingerprint density at radius 3 is 0.725 bits per heavy atom. The van der Waals surface area contributed by atoms with E-state index >= 15 is 0 Å². The van der Waals surface area contributed by atoms with E-state index in [1.165, 1.54) is 257 Å². The molecule has 0 N–H and O–H groups in total. The fourth-order valence-electron chi connectivity index (χ4n) is 9.56. The van der Waals surface area contributed by atoms with E-state index in [-0.39, 0.29) is 31.1 Å². The molecule has 1 atom stereocenters. The van der Waals surface area contributed by atoms with Crippen LogP contribution in [0.4, 0.5) is 0 Å². The molecule has 0 aliphatic rings. The van der Waals surface area contributed by atoms with Crippen LogP contribution >= 0.6 is 0 Å². The van der Waals surface area contributed by atoms with Crippen molar-refractivity contribution in [1.29, 1.82) is 0 Å². The lowest BCUT2D eigenvalue weighted by Gasteiger charge is -2.18. The topological polar surface area (TPSA) is 78.9 Å². The summed E-state index contributed by atoms with van der Waals surface area (Å²) in [5.74, 6) is -0.841. The van der Waals surface area contributed by atoms with Crippen LogP contribution < -0.4 is 0 Å². The molecule has 0 aliphatic carbocycles. The van der Waals surface area contributed by atoms with Crippen LogP contribution in [0.2, 0.25) is 0 Å². The lowest BCUT2D eigenvalue weighted by molar-refractivity contribution is -0.167. The van der Waals surface area contributed by atoms with Gasteiger partial charge in [-0.25, -0.2) is 0 Å². The maximum absolute atomic E-state index is 12.9. The predicted octanol–water partition coefficient (Wildman–Crippen LogP) is 20.9. The van der Waals surface area contributed by atoms with Crippen molar-refractivity contribution >= 4 is 17.9 Å². The van der Waals surface area contributed by atoms with Gasteiger partial charge in [-0.1, -0.05) is 303 Å². The zero-order chi connectivity index (χ0) is 50.0. The fourth-order valence-corrected chi connectivity index (χ4v) is 9.56. The number of carbonyl (C=O) groups is 3. The van der Waals surface area contributed by atoms with Crippen LogP contribution in [0.25, 0.3) is 0 Å². The molecule has 0 fully saturated rings. The van der Waals surface area contributed by atoms with Crippen LogP contribution in [0.1, 0.15) is 355 Å². The standard InChI is InChI=1S/C63H120O6/c1-4-7-10-13-16-19-22-25-27-29-30-31-32-34-35-38-41-44-47-50-53-56-62(65)68-59-60(58-67-61(64)55-52-49-46-43-40-37-24-21-18-15-12-9-6-3)69-63(66)57-54-51-48-45-42-39-36-33-28-26-23-20-17-14-11-8-5-2/h26,28,60H,4-25,27,29-59H2,1-3H3/b28-26-/t60-/m0/s1. The summed E-state index contributed by atoms with van der Waals surface area (Å²) >= 11 is 0. The third-order valence-electron chi connectivity index (χ3n) is 14.3. The minimum absolute atomic E-state index is 0.0654. The molecule has 408 valence electrons. The molecule has 0 aromatic rings. The van der Waals surface area contributed by atoms with Crippen LogP contribution in [0.5, 0.6) is 0 Å². The molecular formula is C63H120O6. The second-order valence-corrected chi connectivity index (χ2v) is 21.3. The summed E-state index contributed by atoms with van der Waals surface area (Å²) in [6.07, 6.45) is 67.8. The van der Waals surface area contributed by atoms with Gasteiger partial charge in [-0.05, 0) is 44.9 Å². The molecule has 6 heteroatoms. The van der Waals surface area contributed by atoms with Gasteiger partial charge in [0.05, 0.1) is 0 Å². The van der Waals surface area contributed by atoms with Crippen molar-refractivity contribution < 1.29 is 28.6 Å². The average Bonchev–Trinajstić information content (AvgIpc) is 3.35. The largest absolute Gasteiger partial charge is 0.462 e. The first-order valence-corrected chi connectivity index (χ1v) is 31.2. The van der Waals surface area contributed by atoms with Gasteiger partial charge in [-0.15, -0.1) is 0 Å². The zero-order valence-corrected chi connectivity index (χ0v) is 46.9. The highest BCUT2D eigenvalue weighted by Crippen LogP contribution is 2.18. The normalized spacial score (nSPS) is 12.0. The summed E-state index contributed by atoms with van der Waals surface area (Å²) in [7, 11) is 0. The predicted molar refractivity (Wildman–Crippen MR) is 298 cm³/mol. The highest BCUT2D eigenvalue weighted by Gasteiger charge is 2.19. The third kappa shape index (κ3) is 56.9. The number of hydrogen-bond donors (Lipinski definition) is 0. The molecule has 0 rings (SSSR count). The first-order valence-electron chi connectivity index (χ1n) is 31.2. The summed E-state index contributed by atoms with van der Waals surface area (Å²) in [6, 6.07) is 0. The van der Waals surface area contributed by atoms with Crippen LogP contribution in [0, 0.1) is 0 Å². The Hall–Kier alpha value is -1.85. The van der Waals surface area contributed by atoms with Gasteiger partial charge >= 0.3 is 17.9 Å². The number of rotatable bonds is 58. The van der Waals surface area contributed by atoms with Gasteiger partial charge in [0.25, 0.3) is 0 Å². The van der Waals surface area contributed by atoms with E-state index in [2.05, 4.69) is 32.9 Å². The molecule has 0 saturated carbocycles. The highest BCUT2D eigenvalue weighted by molar-refractivity contribution is 5.71. The van der Waals surface area contributed by atoms with Gasteiger partial charge in [0, 0.05) is 19.3 Å². The second-order valence-electron chi connectivity index (χ2n) is 21.3. The van der Waals surface area contributed by atoms with Crippen molar-refractivity contribution in [2.24, 2.45) is 0 Å². The molecule has 0 unspecified atom stereocenters. The SMILES string of the molecule is CCCCCCCC/C=C\CCCCCCCCCC(=O)O[C@@H](COC(=O)CCCCCCCCCCCCCCC)COC(=O)CCCCCCCCCCCCCCCCCCCCCCC. The Morgan fingerprint density at radius 2 is 0.478 bits per heavy atom. The molecule has 69 heavy (non-hydrogen) atoms. The molecule has 0 amide bonds. The minimum atomic E-state index is -0.767. The number of carbonyl (C=O) groups excluding carboxylic acids is 3. The quantitative estimate of drug-likeness (QED) is 0.0261. The summed E-state index contributed by atoms with van der Waals surface area (Å²) < 4.78 is 16.9. The molecular weight excluding hydrogens is 853 g/mol. The van der Waals surface area contributed by atoms with E-state index in [1.54, 1.807) is 0 Å². The Kier molecular flexibility index (Phi) is 57.1. The van der Waals surface area contributed by atoms with Gasteiger partial charge in [-0.3, -0.25) is 14.4 Å². The summed E-state index contributed by atoms with van der Waals surface area (Å²) in [5.41, 5.74) is 0. The van der Waals surface area contributed by atoms with Crippen LogP contribution in [-0.2, 0) is 28.6 Å². The van der Waals surface area contributed by atoms with Gasteiger partial charge in [0.1, 0.15) is 13.2 Å². The number of esters is 3. The van der Waals surface area contributed by atoms with Gasteiger partial charge in [-0.2, -0.15) is 0 Å². The van der Waals surface area contributed by atoms with E-state index in [1.807, 2.05) is 0 Å². The molecule has 0 aliphatic heterocycles. The Balaban J connectivity index is 4.26. The van der Waals surface area contributed by atoms with Crippen molar-refractivity contribution in [3.63, 3.8) is 0 Å². The molecule has 0 radical (unpaired) electrons. The molecule has 0 heterocycles. The molecule has 0 aromatic heterocycles. The minimum Gasteiger partial charge on any atom is -0.462 e. The number of allylic oxidation sites excluding steroid dienone is 2. The van der Waals surface area contributed by atoms with E-state index < -0.39 is 6.10 Å². The fraction of sp³-hybridized carbons (Fsp3) is 0.921. The molecule has 0 saturated heterocycles. The summed E-state index contributed by atoms with van der Waals surface area (Å²) in [5, 5.41) is 0. The monoisotopic (exact) mass is 973 g/mol. The third-order valence-corrected chi connectivity index (χ3v) is 14.3. The number of ether oxygens (including phenoxy) is 3. The maximum Gasteiger partial charge on any atom is 0.306 e. The summed E-state index contributed by atoms with van der Waals surface area (Å²) in [4.78, 5) is 38.2. The van der Waals surface area contributed by atoms with Crippen LogP contribution in [0.15, 0.2) is 12.2 Å². The van der Waals surface area contributed by atoms with E-state index in [9.17, 15) is 14.4 Å². The van der Waals surface area contributed by atoms with Gasteiger partial charge in [0.2, 0.25) is 0 Å². The maximum atomic E-state index is 12.9. The molecule has 0 aromatic carbocycles. The highest BCUT2D eigenvalue weighted by atomic mass is 16.6. The Morgan fingerprint density at radius 1 is 0.275 bits per heavy atom. The van der Waals surface area contributed by atoms with Gasteiger partial charge < -0.3 is 14.2 Å². The second kappa shape index (κ2) is 58.7. The first kappa shape index (κ1) is 67.1. The van der Waals surface area contributed by atoms with Gasteiger partial charge in [0.15, 0.2) is 6.10 Å². The lowest BCUT2D eigenvalue weighted by atomic mass is 10.0. The smallest absolute Gasteiger partial charge is 0.306 e. The van der Waals surface area contributed by atoms with Crippen LogP contribution in [0.3, 0.4) is 0 Å². The summed E-state index contributed by atoms with van der Waals surface area (Å²) in [6.45, 7) is 6.70. The van der Waals surface area contributed by atoms with Crippen molar-refractivity contribution in [3.8, 4) is 0 Å². The molecule has 6 nitrogen and oxygen atoms in total. The first-order chi connectivity index (χ1) is 34.0. The lowest BCUT2D eigenvalue weighted by Crippen LogP contribution is -2.30. The van der Waals surface area contributed by atoms with Crippen molar-refractivity contribution in [3.05, 3.63) is 12.2 Å². The van der Waals surface area contributed by atoms with E-state index in [0.717, 1.165) is 57.8 Å². The van der Waals surface area contributed by atoms with Crippen molar-refractivity contribution in [2.45, 2.75) is 361 Å². The molecule has 0 bridgehead atoms. The number of hydrogen-bond acceptors (Lipinski definition) is 6. The Bertz CT molecular complexity index is 1070. The van der Waals surface area contributed by atoms with E-state index in [4.69, 9.17) is 14.2 Å². The Labute approximate surface area is 431 Å². The van der Waals surface area contributed by atoms with E-state index in [0.29, 0.717) is 19.3 Å². The number of unbranched alkanes of at least 4 members (excludes halogenated alkanes) is 45. The van der Waals surface area contributed by atoms with Crippen LogP contribution in [-0.4, -0.2) is 37.2 Å².